The number of carbonyl (C=O) groups is 1. The van der Waals surface area contributed by atoms with Gasteiger partial charge in [0.1, 0.15) is 0 Å². The maximum Gasteiger partial charge on any atom is 0.319 e. The van der Waals surface area contributed by atoms with Crippen molar-refractivity contribution in [3.05, 3.63) is 42.7 Å². The summed E-state index contributed by atoms with van der Waals surface area (Å²) in [4.78, 5) is 11.8. The van der Waals surface area contributed by atoms with Gasteiger partial charge in [-0.3, -0.25) is 0 Å². The molecular formula is C15H20N4O2. The molecule has 2 aromatic rings. The third kappa shape index (κ3) is 4.32. The molecule has 0 saturated carbocycles. The molecular weight excluding hydrogens is 268 g/mol. The maximum absolute atomic E-state index is 11.8. The van der Waals surface area contributed by atoms with Gasteiger partial charge in [0.2, 0.25) is 0 Å². The first-order valence-electron chi connectivity index (χ1n) is 7.01. The van der Waals surface area contributed by atoms with Crippen LogP contribution in [0.5, 0.6) is 0 Å². The van der Waals surface area contributed by atoms with Crippen molar-refractivity contribution in [2.45, 2.75) is 25.8 Å². The van der Waals surface area contributed by atoms with Crippen molar-refractivity contribution in [3.8, 4) is 5.69 Å². The predicted molar refractivity (Wildman–Crippen MR) is 81.5 cm³/mol. The summed E-state index contributed by atoms with van der Waals surface area (Å²) in [5.41, 5.74) is 1.64. The van der Waals surface area contributed by atoms with Crippen molar-refractivity contribution in [2.24, 2.45) is 0 Å². The number of hydrogen-bond donors (Lipinski definition) is 3. The van der Waals surface area contributed by atoms with Crippen LogP contribution in [0.1, 0.15) is 19.8 Å². The fourth-order valence-electron chi connectivity index (χ4n) is 2.01. The minimum Gasteiger partial charge on any atom is -0.396 e. The van der Waals surface area contributed by atoms with E-state index in [9.17, 15) is 4.79 Å². The molecule has 2 rings (SSSR count). The molecule has 0 radical (unpaired) electrons. The summed E-state index contributed by atoms with van der Waals surface area (Å²) < 4.78 is 1.75. The van der Waals surface area contributed by atoms with Gasteiger partial charge in [0.05, 0.1) is 5.69 Å². The number of anilines is 1. The van der Waals surface area contributed by atoms with E-state index in [0.29, 0.717) is 12.1 Å². The molecule has 112 valence electrons. The lowest BCUT2D eigenvalue weighted by Crippen LogP contribution is -2.38. The minimum atomic E-state index is -0.262. The van der Waals surface area contributed by atoms with Crippen molar-refractivity contribution in [1.29, 1.82) is 0 Å². The summed E-state index contributed by atoms with van der Waals surface area (Å²) in [6, 6.07) is 8.99. The van der Waals surface area contributed by atoms with Gasteiger partial charge in [0, 0.05) is 30.7 Å². The zero-order valence-corrected chi connectivity index (χ0v) is 12.0. The molecule has 0 bridgehead atoms. The molecule has 2 amide bonds. The smallest absolute Gasteiger partial charge is 0.319 e. The number of aliphatic hydroxyl groups is 1. The highest BCUT2D eigenvalue weighted by molar-refractivity contribution is 5.89. The van der Waals surface area contributed by atoms with Crippen LogP contribution in [0.2, 0.25) is 0 Å². The van der Waals surface area contributed by atoms with Crippen LogP contribution in [0, 0.1) is 0 Å². The van der Waals surface area contributed by atoms with Gasteiger partial charge in [-0.2, -0.15) is 5.10 Å². The molecule has 6 nitrogen and oxygen atoms in total. The molecule has 0 aliphatic rings. The van der Waals surface area contributed by atoms with E-state index in [0.717, 1.165) is 12.1 Å². The first kappa shape index (κ1) is 15.1. The van der Waals surface area contributed by atoms with Gasteiger partial charge in [-0.1, -0.05) is 6.92 Å². The number of rotatable bonds is 6. The molecule has 1 unspecified atom stereocenters. The molecule has 0 saturated heterocycles. The molecule has 1 aromatic carbocycles. The number of nitrogens with zero attached hydrogens (tertiary/aromatic N) is 2. The predicted octanol–water partition coefficient (Wildman–Crippen LogP) is 2.15. The molecule has 1 aromatic heterocycles. The molecule has 6 heteroatoms. The second-order valence-electron chi connectivity index (χ2n) is 4.71. The van der Waals surface area contributed by atoms with Gasteiger partial charge in [-0.05, 0) is 43.2 Å². The summed E-state index contributed by atoms with van der Waals surface area (Å²) in [6.07, 6.45) is 4.91. The van der Waals surface area contributed by atoms with Gasteiger partial charge >= 0.3 is 6.03 Å². The second kappa shape index (κ2) is 7.44. The molecule has 21 heavy (non-hydrogen) atoms. The summed E-state index contributed by atoms with van der Waals surface area (Å²) in [6.45, 7) is 2.04. The van der Waals surface area contributed by atoms with Gasteiger partial charge in [0.25, 0.3) is 0 Å². The van der Waals surface area contributed by atoms with E-state index in [4.69, 9.17) is 5.11 Å². The van der Waals surface area contributed by atoms with Crippen molar-refractivity contribution in [3.63, 3.8) is 0 Å². The number of benzene rings is 1. The summed E-state index contributed by atoms with van der Waals surface area (Å²) in [7, 11) is 0. The van der Waals surface area contributed by atoms with Gasteiger partial charge < -0.3 is 15.7 Å². The molecule has 1 heterocycles. The van der Waals surface area contributed by atoms with Crippen LogP contribution in [-0.2, 0) is 0 Å². The molecule has 1 atom stereocenters. The van der Waals surface area contributed by atoms with Crippen LogP contribution in [0.15, 0.2) is 42.7 Å². The van der Waals surface area contributed by atoms with Crippen LogP contribution < -0.4 is 10.6 Å². The van der Waals surface area contributed by atoms with E-state index >= 15 is 0 Å². The number of nitrogens with one attached hydrogen (secondary N) is 2. The quantitative estimate of drug-likeness (QED) is 0.762. The van der Waals surface area contributed by atoms with E-state index < -0.39 is 0 Å². The Morgan fingerprint density at radius 3 is 2.71 bits per heavy atom. The number of urea groups is 1. The Morgan fingerprint density at radius 1 is 1.38 bits per heavy atom. The third-order valence-electron chi connectivity index (χ3n) is 3.20. The van der Waals surface area contributed by atoms with Crippen molar-refractivity contribution < 1.29 is 9.90 Å². The SMILES string of the molecule is CCC(CCO)NC(=O)Nc1ccc(-n2cccn2)cc1. The Bertz CT molecular complexity index is 552. The van der Waals surface area contributed by atoms with Crippen LogP contribution in [0.4, 0.5) is 10.5 Å². The Morgan fingerprint density at radius 2 is 2.14 bits per heavy atom. The highest BCUT2D eigenvalue weighted by Crippen LogP contribution is 2.12. The van der Waals surface area contributed by atoms with Crippen LogP contribution >= 0.6 is 0 Å². The lowest BCUT2D eigenvalue weighted by molar-refractivity contribution is 0.237. The summed E-state index contributed by atoms with van der Waals surface area (Å²) in [5.74, 6) is 0. The fraction of sp³-hybridized carbons (Fsp3) is 0.333. The largest absolute Gasteiger partial charge is 0.396 e. The normalized spacial score (nSPS) is 11.9. The Hall–Kier alpha value is -2.34. The van der Waals surface area contributed by atoms with E-state index in [2.05, 4.69) is 15.7 Å². The Labute approximate surface area is 123 Å². The van der Waals surface area contributed by atoms with E-state index in [-0.39, 0.29) is 18.7 Å². The van der Waals surface area contributed by atoms with E-state index in [1.165, 1.54) is 0 Å². The number of hydrogen-bond acceptors (Lipinski definition) is 3. The number of carbonyl (C=O) groups excluding carboxylic acids is 1. The average molecular weight is 288 g/mol. The minimum absolute atomic E-state index is 0.0154. The van der Waals surface area contributed by atoms with Crippen LogP contribution in [0.25, 0.3) is 5.69 Å². The highest BCUT2D eigenvalue weighted by atomic mass is 16.3. The van der Waals surface area contributed by atoms with Crippen LogP contribution in [-0.4, -0.2) is 33.6 Å². The molecule has 0 spiro atoms. The van der Waals surface area contributed by atoms with E-state index in [1.807, 2.05) is 43.5 Å². The van der Waals surface area contributed by atoms with Crippen molar-refractivity contribution >= 4 is 11.7 Å². The lowest BCUT2D eigenvalue weighted by atomic mass is 10.2. The first-order valence-corrected chi connectivity index (χ1v) is 7.01. The zero-order valence-electron chi connectivity index (χ0n) is 12.0. The van der Waals surface area contributed by atoms with Crippen LogP contribution in [0.3, 0.4) is 0 Å². The number of amides is 2. The first-order chi connectivity index (χ1) is 10.2. The number of aromatic nitrogens is 2. The standard InChI is InChI=1S/C15H20N4O2/c1-2-12(8-11-20)17-15(21)18-13-4-6-14(7-5-13)19-10-3-9-16-19/h3-7,9-10,12,20H,2,8,11H2,1H3,(H2,17,18,21). The zero-order chi connectivity index (χ0) is 15.1. The topological polar surface area (TPSA) is 79.2 Å². The Kier molecular flexibility index (Phi) is 5.34. The van der Waals surface area contributed by atoms with Crippen molar-refractivity contribution in [1.82, 2.24) is 15.1 Å². The van der Waals surface area contributed by atoms with Crippen molar-refractivity contribution in [2.75, 3.05) is 11.9 Å². The van der Waals surface area contributed by atoms with Gasteiger partial charge in [-0.25, -0.2) is 9.48 Å². The fourth-order valence-corrected chi connectivity index (χ4v) is 2.01. The molecule has 0 aliphatic carbocycles. The Balaban J connectivity index is 1.92. The highest BCUT2D eigenvalue weighted by Gasteiger charge is 2.09. The van der Waals surface area contributed by atoms with Gasteiger partial charge in [-0.15, -0.1) is 0 Å². The summed E-state index contributed by atoms with van der Waals surface area (Å²) in [5, 5.41) is 18.7. The number of aliphatic hydroxyl groups excluding tert-OH is 1. The third-order valence-corrected chi connectivity index (χ3v) is 3.20. The average Bonchev–Trinajstić information content (AvgIpc) is 3.01. The van der Waals surface area contributed by atoms with Gasteiger partial charge in [0.15, 0.2) is 0 Å². The molecule has 0 fully saturated rings. The summed E-state index contributed by atoms with van der Waals surface area (Å²) >= 11 is 0. The molecule has 3 N–H and O–H groups in total. The lowest BCUT2D eigenvalue weighted by Gasteiger charge is -2.16. The second-order valence-corrected chi connectivity index (χ2v) is 4.71. The monoisotopic (exact) mass is 288 g/mol. The van der Waals surface area contributed by atoms with E-state index in [1.54, 1.807) is 10.9 Å². The molecule has 0 aliphatic heterocycles. The maximum atomic E-state index is 11.8.